The number of nitrogens with one attached hydrogen (secondary N) is 1. The number of hydrogen-bond acceptors (Lipinski definition) is 4. The van der Waals surface area contributed by atoms with Crippen molar-refractivity contribution in [2.45, 2.75) is 11.6 Å². The zero-order chi connectivity index (χ0) is 15.3. The quantitative estimate of drug-likeness (QED) is 0.812. The van der Waals surface area contributed by atoms with Crippen LogP contribution in [0.4, 0.5) is 4.39 Å². The van der Waals surface area contributed by atoms with Gasteiger partial charge in [0.15, 0.2) is 0 Å². The number of hydrogen-bond donors (Lipinski definition) is 1. The molecule has 0 aromatic heterocycles. The monoisotopic (exact) mass is 380 g/mol. The molecule has 1 aromatic carbocycles. The van der Waals surface area contributed by atoms with Gasteiger partial charge in [-0.05, 0) is 23.8 Å². The minimum absolute atomic E-state index is 0.0836. The highest BCUT2D eigenvalue weighted by atomic mass is 79.9. The van der Waals surface area contributed by atoms with E-state index in [0.717, 1.165) is 13.1 Å². The van der Waals surface area contributed by atoms with Crippen molar-refractivity contribution >= 4 is 26.0 Å². The molecule has 1 aliphatic rings. The van der Waals surface area contributed by atoms with Gasteiger partial charge >= 0.3 is 0 Å². The summed E-state index contributed by atoms with van der Waals surface area (Å²) in [7, 11) is -3.61. The highest BCUT2D eigenvalue weighted by molar-refractivity contribution is 9.10. The van der Waals surface area contributed by atoms with E-state index in [1.807, 2.05) is 0 Å². The number of benzene rings is 1. The maximum atomic E-state index is 12.8. The van der Waals surface area contributed by atoms with Crippen molar-refractivity contribution in [3.8, 4) is 0 Å². The Balaban J connectivity index is 1.94. The third-order valence-electron chi connectivity index (χ3n) is 3.30. The van der Waals surface area contributed by atoms with Gasteiger partial charge in [-0.1, -0.05) is 15.9 Å². The average molecular weight is 381 g/mol. The second-order valence-electron chi connectivity index (χ2n) is 4.74. The number of halogens is 2. The van der Waals surface area contributed by atoms with E-state index in [0.29, 0.717) is 36.3 Å². The van der Waals surface area contributed by atoms with Crippen molar-refractivity contribution in [1.29, 1.82) is 0 Å². The van der Waals surface area contributed by atoms with E-state index in [1.165, 1.54) is 12.1 Å². The van der Waals surface area contributed by atoms with Gasteiger partial charge in [0.2, 0.25) is 10.0 Å². The van der Waals surface area contributed by atoms with E-state index in [4.69, 9.17) is 4.74 Å². The minimum Gasteiger partial charge on any atom is -0.379 e. The van der Waals surface area contributed by atoms with Crippen LogP contribution in [0.3, 0.4) is 0 Å². The lowest BCUT2D eigenvalue weighted by Gasteiger charge is -2.26. The molecule has 21 heavy (non-hydrogen) atoms. The fourth-order valence-corrected chi connectivity index (χ4v) is 3.49. The van der Waals surface area contributed by atoms with Gasteiger partial charge in [-0.25, -0.2) is 17.5 Å². The molecule has 8 heteroatoms. The van der Waals surface area contributed by atoms with E-state index in [2.05, 4.69) is 25.6 Å². The smallest absolute Gasteiger partial charge is 0.240 e. The van der Waals surface area contributed by atoms with Gasteiger partial charge in [-0.3, -0.25) is 4.90 Å². The molecular weight excluding hydrogens is 363 g/mol. The number of morpholine rings is 1. The summed E-state index contributed by atoms with van der Waals surface area (Å²) in [5, 5.41) is 0. The van der Waals surface area contributed by atoms with Crippen molar-refractivity contribution in [3.05, 3.63) is 28.2 Å². The lowest BCUT2D eigenvalue weighted by Crippen LogP contribution is -2.41. The Kier molecular flexibility index (Phi) is 6.12. The molecule has 0 radical (unpaired) electrons. The predicted molar refractivity (Wildman–Crippen MR) is 81.4 cm³/mol. The molecule has 1 aromatic rings. The normalized spacial score (nSPS) is 17.0. The van der Waals surface area contributed by atoms with E-state index in [9.17, 15) is 12.8 Å². The topological polar surface area (TPSA) is 58.6 Å². The van der Waals surface area contributed by atoms with E-state index >= 15 is 0 Å². The van der Waals surface area contributed by atoms with Crippen LogP contribution in [0.25, 0.3) is 0 Å². The number of sulfonamides is 1. The van der Waals surface area contributed by atoms with Crippen LogP contribution in [0.5, 0.6) is 0 Å². The molecule has 0 amide bonds. The second kappa shape index (κ2) is 7.64. The molecular formula is C13H18BrFN2O3S. The van der Waals surface area contributed by atoms with Crippen LogP contribution in [0.1, 0.15) is 5.56 Å². The van der Waals surface area contributed by atoms with Gasteiger partial charge in [0.05, 0.1) is 18.1 Å². The van der Waals surface area contributed by atoms with Gasteiger partial charge in [0.25, 0.3) is 0 Å². The summed E-state index contributed by atoms with van der Waals surface area (Å²) in [4.78, 5) is 2.22. The van der Waals surface area contributed by atoms with Crippen LogP contribution in [0, 0.1) is 0 Å². The number of ether oxygens (including phenoxy) is 1. The SMILES string of the molecule is O=S(=O)(NCCN1CCOCC1)c1ccc(Br)c(CF)c1. The molecule has 0 unspecified atom stereocenters. The zero-order valence-corrected chi connectivity index (χ0v) is 13.9. The van der Waals surface area contributed by atoms with Crippen molar-refractivity contribution in [1.82, 2.24) is 9.62 Å². The van der Waals surface area contributed by atoms with Gasteiger partial charge in [0.1, 0.15) is 6.67 Å². The fraction of sp³-hybridized carbons (Fsp3) is 0.538. The van der Waals surface area contributed by atoms with Crippen LogP contribution in [-0.4, -0.2) is 52.7 Å². The van der Waals surface area contributed by atoms with Crippen molar-refractivity contribution in [2.24, 2.45) is 0 Å². The molecule has 1 saturated heterocycles. The predicted octanol–water partition coefficient (Wildman–Crippen LogP) is 1.53. The first kappa shape index (κ1) is 16.8. The highest BCUT2D eigenvalue weighted by Gasteiger charge is 2.16. The second-order valence-corrected chi connectivity index (χ2v) is 7.36. The molecule has 0 atom stereocenters. The molecule has 2 rings (SSSR count). The van der Waals surface area contributed by atoms with Crippen molar-refractivity contribution in [3.63, 3.8) is 0 Å². The first-order valence-electron chi connectivity index (χ1n) is 6.67. The van der Waals surface area contributed by atoms with Gasteiger partial charge < -0.3 is 4.74 Å². The van der Waals surface area contributed by atoms with Crippen LogP contribution in [-0.2, 0) is 21.4 Å². The average Bonchev–Trinajstić information content (AvgIpc) is 2.48. The van der Waals surface area contributed by atoms with Crippen LogP contribution >= 0.6 is 15.9 Å². The molecule has 0 bridgehead atoms. The largest absolute Gasteiger partial charge is 0.379 e. The number of rotatable bonds is 6. The Morgan fingerprint density at radius 1 is 1.33 bits per heavy atom. The molecule has 0 aliphatic carbocycles. The third kappa shape index (κ3) is 4.72. The summed E-state index contributed by atoms with van der Waals surface area (Å²) in [6.45, 7) is 3.23. The molecule has 1 N–H and O–H groups in total. The summed E-state index contributed by atoms with van der Waals surface area (Å²) in [5.41, 5.74) is 0.325. The molecule has 1 fully saturated rings. The first-order chi connectivity index (χ1) is 10.0. The third-order valence-corrected chi connectivity index (χ3v) is 5.53. The Hall–Kier alpha value is -0.540. The highest BCUT2D eigenvalue weighted by Crippen LogP contribution is 2.21. The van der Waals surface area contributed by atoms with E-state index in [-0.39, 0.29) is 4.90 Å². The standard InChI is InChI=1S/C13H18BrFN2O3S/c14-13-2-1-12(9-11(13)10-15)21(18,19)16-3-4-17-5-7-20-8-6-17/h1-2,9,16H,3-8,10H2. The van der Waals surface area contributed by atoms with Gasteiger partial charge in [-0.2, -0.15) is 0 Å². The van der Waals surface area contributed by atoms with E-state index < -0.39 is 16.7 Å². The molecule has 0 spiro atoms. The number of alkyl halides is 1. The molecule has 1 aliphatic heterocycles. The van der Waals surface area contributed by atoms with Crippen molar-refractivity contribution in [2.75, 3.05) is 39.4 Å². The summed E-state index contributed by atoms with van der Waals surface area (Å²) in [6, 6.07) is 4.35. The van der Waals surface area contributed by atoms with Crippen molar-refractivity contribution < 1.29 is 17.5 Å². The summed E-state index contributed by atoms with van der Waals surface area (Å²) in [6.07, 6.45) is 0. The summed E-state index contributed by atoms with van der Waals surface area (Å²) < 4.78 is 45.5. The van der Waals surface area contributed by atoms with Crippen LogP contribution in [0.15, 0.2) is 27.6 Å². The maximum Gasteiger partial charge on any atom is 0.240 e. The summed E-state index contributed by atoms with van der Waals surface area (Å²) in [5.74, 6) is 0. The molecule has 1 heterocycles. The Labute approximate surface area is 132 Å². The molecule has 118 valence electrons. The van der Waals surface area contributed by atoms with Crippen LogP contribution < -0.4 is 4.72 Å². The van der Waals surface area contributed by atoms with Gasteiger partial charge in [-0.15, -0.1) is 0 Å². The molecule has 0 saturated carbocycles. The molecule has 5 nitrogen and oxygen atoms in total. The zero-order valence-electron chi connectivity index (χ0n) is 11.5. The Morgan fingerprint density at radius 3 is 2.71 bits per heavy atom. The fourth-order valence-electron chi connectivity index (χ4n) is 2.07. The lowest BCUT2D eigenvalue weighted by molar-refractivity contribution is 0.0390. The van der Waals surface area contributed by atoms with Crippen LogP contribution in [0.2, 0.25) is 0 Å². The van der Waals surface area contributed by atoms with Gasteiger partial charge in [0, 0.05) is 30.7 Å². The Morgan fingerprint density at radius 2 is 2.05 bits per heavy atom. The lowest BCUT2D eigenvalue weighted by atomic mass is 10.2. The summed E-state index contributed by atoms with van der Waals surface area (Å²) >= 11 is 3.19. The maximum absolute atomic E-state index is 12.8. The Bertz CT molecular complexity index is 577. The minimum atomic E-state index is -3.61. The van der Waals surface area contributed by atoms with E-state index in [1.54, 1.807) is 6.07 Å². The number of nitrogens with zero attached hydrogens (tertiary/aromatic N) is 1. The first-order valence-corrected chi connectivity index (χ1v) is 8.95.